The lowest BCUT2D eigenvalue weighted by atomic mass is 9.98. The summed E-state index contributed by atoms with van der Waals surface area (Å²) < 4.78 is 27.5. The predicted octanol–water partition coefficient (Wildman–Crippen LogP) is 0.965. The van der Waals surface area contributed by atoms with Gasteiger partial charge in [0.05, 0.1) is 13.2 Å². The Balaban J connectivity index is 2.06. The molecule has 1 N–H and O–H groups in total. The monoisotopic (exact) mass is 312 g/mol. The van der Waals surface area contributed by atoms with Gasteiger partial charge in [0.15, 0.2) is 6.29 Å². The van der Waals surface area contributed by atoms with Gasteiger partial charge in [-0.15, -0.1) is 0 Å². The minimum Gasteiger partial charge on any atom is -0.387 e. The predicted molar refractivity (Wildman–Crippen MR) is 79.4 cm³/mol. The first kappa shape index (κ1) is 17.3. The van der Waals surface area contributed by atoms with Crippen LogP contribution in [0.3, 0.4) is 0 Å². The zero-order valence-electron chi connectivity index (χ0n) is 13.2. The van der Waals surface area contributed by atoms with Crippen LogP contribution < -0.4 is 0 Å². The van der Waals surface area contributed by atoms with Crippen LogP contribution in [0, 0.1) is 0 Å². The number of benzene rings is 1. The van der Waals surface area contributed by atoms with Gasteiger partial charge in [-0.1, -0.05) is 30.3 Å². The van der Waals surface area contributed by atoms with Crippen molar-refractivity contribution >= 4 is 0 Å². The molecule has 124 valence electrons. The Morgan fingerprint density at radius 1 is 1.05 bits per heavy atom. The summed E-state index contributed by atoms with van der Waals surface area (Å²) in [6, 6.07) is 9.78. The maximum absolute atomic E-state index is 10.4. The van der Waals surface area contributed by atoms with E-state index in [1.165, 1.54) is 14.2 Å². The van der Waals surface area contributed by atoms with Gasteiger partial charge in [-0.05, 0) is 5.56 Å². The molecule has 0 spiro atoms. The fraction of sp³-hybridized carbons (Fsp3) is 0.625. The van der Waals surface area contributed by atoms with E-state index in [4.69, 9.17) is 23.7 Å². The molecule has 1 fully saturated rings. The maximum Gasteiger partial charge on any atom is 0.186 e. The zero-order chi connectivity index (χ0) is 15.9. The third-order valence-electron chi connectivity index (χ3n) is 3.74. The average Bonchev–Trinajstić information content (AvgIpc) is 2.56. The van der Waals surface area contributed by atoms with Crippen molar-refractivity contribution in [3.05, 3.63) is 35.9 Å². The van der Waals surface area contributed by atoms with E-state index in [1.807, 2.05) is 30.3 Å². The van der Waals surface area contributed by atoms with Gasteiger partial charge >= 0.3 is 0 Å². The molecule has 0 aromatic heterocycles. The summed E-state index contributed by atoms with van der Waals surface area (Å²) >= 11 is 0. The largest absolute Gasteiger partial charge is 0.387 e. The van der Waals surface area contributed by atoms with Crippen LogP contribution in [-0.4, -0.2) is 63.7 Å². The summed E-state index contributed by atoms with van der Waals surface area (Å²) in [4.78, 5) is 0. The summed E-state index contributed by atoms with van der Waals surface area (Å²) in [5.74, 6) is 0. The molecule has 1 aromatic rings. The SMILES string of the molecule is COC[C@H]1O[C@H](OC)[C@H](OCc2ccccc2)[C@@H](OC)[C@@H]1O. The van der Waals surface area contributed by atoms with Crippen molar-refractivity contribution in [1.82, 2.24) is 0 Å². The van der Waals surface area contributed by atoms with Crippen LogP contribution in [0.2, 0.25) is 0 Å². The number of aliphatic hydroxyl groups is 1. The summed E-state index contributed by atoms with van der Waals surface area (Å²) in [5.41, 5.74) is 1.03. The number of rotatable bonds is 7. The van der Waals surface area contributed by atoms with E-state index >= 15 is 0 Å². The zero-order valence-corrected chi connectivity index (χ0v) is 13.2. The molecule has 6 nitrogen and oxygen atoms in total. The maximum atomic E-state index is 10.4. The van der Waals surface area contributed by atoms with Crippen molar-refractivity contribution in [3.8, 4) is 0 Å². The van der Waals surface area contributed by atoms with E-state index in [0.29, 0.717) is 6.61 Å². The van der Waals surface area contributed by atoms with E-state index in [1.54, 1.807) is 7.11 Å². The first-order valence-electron chi connectivity index (χ1n) is 7.24. The van der Waals surface area contributed by atoms with Crippen LogP contribution in [0.1, 0.15) is 5.56 Å². The molecule has 5 atom stereocenters. The molecule has 1 aliphatic heterocycles. The highest BCUT2D eigenvalue weighted by molar-refractivity contribution is 5.13. The molecule has 1 aromatic carbocycles. The first-order valence-corrected chi connectivity index (χ1v) is 7.24. The van der Waals surface area contributed by atoms with Crippen LogP contribution in [0.4, 0.5) is 0 Å². The molecule has 1 aliphatic rings. The first-order chi connectivity index (χ1) is 10.7. The van der Waals surface area contributed by atoms with Crippen LogP contribution in [-0.2, 0) is 30.3 Å². The molecule has 2 rings (SSSR count). The Labute approximate surface area is 130 Å². The van der Waals surface area contributed by atoms with Crippen LogP contribution in [0.15, 0.2) is 30.3 Å². The van der Waals surface area contributed by atoms with Gasteiger partial charge in [0.1, 0.15) is 24.4 Å². The Morgan fingerprint density at radius 2 is 1.77 bits per heavy atom. The number of hydrogen-bond acceptors (Lipinski definition) is 6. The van der Waals surface area contributed by atoms with Gasteiger partial charge in [0.2, 0.25) is 0 Å². The van der Waals surface area contributed by atoms with Gasteiger partial charge < -0.3 is 28.8 Å². The molecular formula is C16H24O6. The van der Waals surface area contributed by atoms with Crippen molar-refractivity contribution in [1.29, 1.82) is 0 Å². The smallest absolute Gasteiger partial charge is 0.186 e. The highest BCUT2D eigenvalue weighted by Gasteiger charge is 2.46. The number of ether oxygens (including phenoxy) is 5. The molecule has 0 aliphatic carbocycles. The minimum atomic E-state index is -0.850. The third-order valence-corrected chi connectivity index (χ3v) is 3.74. The van der Waals surface area contributed by atoms with Crippen molar-refractivity contribution < 1.29 is 28.8 Å². The normalized spacial score (nSPS) is 32.1. The summed E-state index contributed by atoms with van der Waals surface area (Å²) in [6.45, 7) is 0.641. The van der Waals surface area contributed by atoms with E-state index in [-0.39, 0.29) is 6.61 Å². The molecule has 1 saturated heterocycles. The highest BCUT2D eigenvalue weighted by Crippen LogP contribution is 2.27. The number of methoxy groups -OCH3 is 3. The minimum absolute atomic E-state index is 0.256. The van der Waals surface area contributed by atoms with Gasteiger partial charge in [-0.2, -0.15) is 0 Å². The molecule has 0 unspecified atom stereocenters. The Bertz CT molecular complexity index is 426. The summed E-state index contributed by atoms with van der Waals surface area (Å²) in [6.07, 6.45) is -3.08. The van der Waals surface area contributed by atoms with Crippen LogP contribution in [0.5, 0.6) is 0 Å². The molecule has 0 saturated carbocycles. The van der Waals surface area contributed by atoms with Crippen molar-refractivity contribution in [2.45, 2.75) is 37.3 Å². The number of hydrogen-bond donors (Lipinski definition) is 1. The molecule has 1 heterocycles. The lowest BCUT2D eigenvalue weighted by Gasteiger charge is -2.43. The van der Waals surface area contributed by atoms with E-state index < -0.39 is 30.7 Å². The fourth-order valence-corrected chi connectivity index (χ4v) is 2.60. The molecule has 0 amide bonds. The lowest BCUT2D eigenvalue weighted by Crippen LogP contribution is -2.60. The highest BCUT2D eigenvalue weighted by atomic mass is 16.7. The second-order valence-corrected chi connectivity index (χ2v) is 5.19. The van der Waals surface area contributed by atoms with Gasteiger partial charge in [0, 0.05) is 21.3 Å². The third kappa shape index (κ3) is 4.04. The fourth-order valence-electron chi connectivity index (χ4n) is 2.60. The topological polar surface area (TPSA) is 66.4 Å². The lowest BCUT2D eigenvalue weighted by molar-refractivity contribution is -0.310. The van der Waals surface area contributed by atoms with E-state index in [2.05, 4.69) is 0 Å². The Hall–Kier alpha value is -1.02. The van der Waals surface area contributed by atoms with Crippen LogP contribution >= 0.6 is 0 Å². The summed E-state index contributed by atoms with van der Waals surface area (Å²) in [5, 5.41) is 10.4. The van der Waals surface area contributed by atoms with E-state index in [0.717, 1.165) is 5.56 Å². The molecule has 22 heavy (non-hydrogen) atoms. The van der Waals surface area contributed by atoms with Gasteiger partial charge in [-0.25, -0.2) is 0 Å². The Morgan fingerprint density at radius 3 is 2.36 bits per heavy atom. The van der Waals surface area contributed by atoms with Gasteiger partial charge in [0.25, 0.3) is 0 Å². The second kappa shape index (κ2) is 8.57. The molecule has 6 heteroatoms. The average molecular weight is 312 g/mol. The van der Waals surface area contributed by atoms with E-state index in [9.17, 15) is 5.11 Å². The number of aliphatic hydroxyl groups excluding tert-OH is 1. The van der Waals surface area contributed by atoms with Crippen LogP contribution in [0.25, 0.3) is 0 Å². The standard InChI is InChI=1S/C16H24O6/c1-18-10-12-13(17)14(19-2)15(16(20-3)22-12)21-9-11-7-5-4-6-8-11/h4-8,12-17H,9-10H2,1-3H3/t12-,13-,14+,15-,16+/m1/s1. The molecular weight excluding hydrogens is 288 g/mol. The Kier molecular flexibility index (Phi) is 6.75. The summed E-state index contributed by atoms with van der Waals surface area (Å²) in [7, 11) is 4.63. The van der Waals surface area contributed by atoms with Gasteiger partial charge in [-0.3, -0.25) is 0 Å². The quantitative estimate of drug-likeness (QED) is 0.809. The van der Waals surface area contributed by atoms with Crippen molar-refractivity contribution in [3.63, 3.8) is 0 Å². The van der Waals surface area contributed by atoms with Crippen molar-refractivity contribution in [2.24, 2.45) is 0 Å². The molecule has 0 bridgehead atoms. The van der Waals surface area contributed by atoms with Crippen molar-refractivity contribution in [2.75, 3.05) is 27.9 Å². The molecule has 0 radical (unpaired) electrons. The second-order valence-electron chi connectivity index (χ2n) is 5.19.